The Bertz CT molecular complexity index is 523. The highest BCUT2D eigenvalue weighted by Crippen LogP contribution is 2.10. The molecule has 18 heavy (non-hydrogen) atoms. The molecule has 2 nitrogen and oxygen atoms in total. The highest BCUT2D eigenvalue weighted by molar-refractivity contribution is 6.17. The van der Waals surface area contributed by atoms with Gasteiger partial charge in [0, 0.05) is 5.88 Å². The van der Waals surface area contributed by atoms with Crippen LogP contribution < -0.4 is 0 Å². The van der Waals surface area contributed by atoms with E-state index in [4.69, 9.17) is 16.3 Å². The number of ether oxygens (including phenoxy) is 1. The molecule has 0 unspecified atom stereocenters. The summed E-state index contributed by atoms with van der Waals surface area (Å²) in [6, 6.07) is 17.4. The maximum atomic E-state index is 11.8. The van der Waals surface area contributed by atoms with Gasteiger partial charge in [-0.15, -0.1) is 11.6 Å². The molecule has 0 amide bonds. The first-order valence-corrected chi connectivity index (χ1v) is 6.10. The van der Waals surface area contributed by atoms with Gasteiger partial charge >= 0.3 is 5.97 Å². The number of alkyl halides is 1. The fourth-order valence-electron chi connectivity index (χ4n) is 1.53. The lowest BCUT2D eigenvalue weighted by atomic mass is 10.1. The predicted octanol–water partition coefficient (Wildman–Crippen LogP) is 3.58. The molecule has 0 saturated carbocycles. The average Bonchev–Trinajstić information content (AvgIpc) is 2.46. The maximum absolute atomic E-state index is 11.8. The Hall–Kier alpha value is -1.80. The summed E-state index contributed by atoms with van der Waals surface area (Å²) < 4.78 is 5.21. The third-order valence-electron chi connectivity index (χ3n) is 2.46. The summed E-state index contributed by atoms with van der Waals surface area (Å²) in [7, 11) is 0. The Kier molecular flexibility index (Phi) is 4.37. The van der Waals surface area contributed by atoms with E-state index in [9.17, 15) is 4.79 Å². The lowest BCUT2D eigenvalue weighted by Gasteiger charge is -2.05. The van der Waals surface area contributed by atoms with Crippen LogP contribution in [0.15, 0.2) is 48.5 Å². The van der Waals surface area contributed by atoms with E-state index >= 15 is 0 Å². The summed E-state index contributed by atoms with van der Waals surface area (Å²) in [4.78, 5) is 11.8. The second kappa shape index (κ2) is 6.22. The highest BCUT2D eigenvalue weighted by atomic mass is 35.5. The zero-order valence-corrected chi connectivity index (χ0v) is 10.5. The Morgan fingerprint density at radius 1 is 1.22 bits per heavy atom. The number of halogens is 1. The van der Waals surface area contributed by atoms with Gasteiger partial charge in [-0.3, -0.25) is 0 Å². The van der Waals surface area contributed by atoms with Gasteiger partial charge in [-0.2, -0.15) is 0 Å². The highest BCUT2D eigenvalue weighted by Gasteiger charge is 2.07. The lowest BCUT2D eigenvalue weighted by Crippen LogP contribution is -2.05. The molecule has 1 radical (unpaired) electrons. The second-order valence-corrected chi connectivity index (χ2v) is 4.09. The van der Waals surface area contributed by atoms with Crippen LogP contribution >= 0.6 is 11.6 Å². The van der Waals surface area contributed by atoms with Gasteiger partial charge in [0.2, 0.25) is 0 Å². The molecule has 2 aromatic rings. The van der Waals surface area contributed by atoms with Crippen molar-refractivity contribution in [2.45, 2.75) is 12.5 Å². The number of carbonyl (C=O) groups excluding carboxylic acids is 1. The van der Waals surface area contributed by atoms with E-state index in [0.717, 1.165) is 11.1 Å². The van der Waals surface area contributed by atoms with Crippen LogP contribution in [0.25, 0.3) is 0 Å². The number of benzene rings is 2. The van der Waals surface area contributed by atoms with Gasteiger partial charge in [-0.05, 0) is 35.4 Å². The lowest BCUT2D eigenvalue weighted by molar-refractivity contribution is 0.0472. The molecular formula is C15H12ClO2. The van der Waals surface area contributed by atoms with E-state index in [1.807, 2.05) is 18.2 Å². The Labute approximate surface area is 111 Å². The van der Waals surface area contributed by atoms with Crippen molar-refractivity contribution in [3.63, 3.8) is 0 Å². The normalized spacial score (nSPS) is 10.1. The van der Waals surface area contributed by atoms with Crippen molar-refractivity contribution in [3.05, 3.63) is 71.3 Å². The molecule has 0 heterocycles. The van der Waals surface area contributed by atoms with Crippen molar-refractivity contribution in [2.75, 3.05) is 0 Å². The number of rotatable bonds is 4. The van der Waals surface area contributed by atoms with E-state index in [1.165, 1.54) is 0 Å². The van der Waals surface area contributed by atoms with Gasteiger partial charge in [0.25, 0.3) is 0 Å². The summed E-state index contributed by atoms with van der Waals surface area (Å²) in [5.41, 5.74) is 2.34. The minimum atomic E-state index is -0.342. The van der Waals surface area contributed by atoms with Crippen molar-refractivity contribution >= 4 is 17.6 Å². The molecule has 0 bridgehead atoms. The van der Waals surface area contributed by atoms with E-state index in [0.29, 0.717) is 11.4 Å². The van der Waals surface area contributed by atoms with Crippen LogP contribution in [-0.4, -0.2) is 5.97 Å². The van der Waals surface area contributed by atoms with Crippen molar-refractivity contribution < 1.29 is 9.53 Å². The van der Waals surface area contributed by atoms with Crippen LogP contribution in [0, 0.1) is 6.07 Å². The zero-order chi connectivity index (χ0) is 12.8. The van der Waals surface area contributed by atoms with Crippen LogP contribution in [0.1, 0.15) is 21.5 Å². The molecule has 0 spiro atoms. The first-order chi connectivity index (χ1) is 8.79. The standard InChI is InChI=1S/C15H12ClO2/c16-10-13-7-4-8-14(9-13)15(17)18-11-12-5-2-1-3-6-12/h1-2,4-9H,10-11H2. The average molecular weight is 260 g/mol. The summed E-state index contributed by atoms with van der Waals surface area (Å²) in [6.07, 6.45) is 0. The number of carbonyl (C=O) groups is 1. The molecule has 2 aromatic carbocycles. The maximum Gasteiger partial charge on any atom is 0.338 e. The molecule has 0 aliphatic rings. The number of hydrogen-bond donors (Lipinski definition) is 0. The minimum Gasteiger partial charge on any atom is -0.457 e. The van der Waals surface area contributed by atoms with Gasteiger partial charge in [0.1, 0.15) is 6.61 Å². The second-order valence-electron chi connectivity index (χ2n) is 3.82. The van der Waals surface area contributed by atoms with E-state index in [-0.39, 0.29) is 12.6 Å². The molecule has 0 N–H and O–H groups in total. The van der Waals surface area contributed by atoms with Crippen molar-refractivity contribution in [1.82, 2.24) is 0 Å². The first-order valence-electron chi connectivity index (χ1n) is 5.56. The molecule has 91 valence electrons. The zero-order valence-electron chi connectivity index (χ0n) is 9.73. The van der Waals surface area contributed by atoms with Crippen LogP contribution in [0.3, 0.4) is 0 Å². The number of hydrogen-bond acceptors (Lipinski definition) is 2. The Morgan fingerprint density at radius 2 is 2.06 bits per heavy atom. The van der Waals surface area contributed by atoms with Crippen LogP contribution in [0.2, 0.25) is 0 Å². The van der Waals surface area contributed by atoms with Crippen LogP contribution in [0.4, 0.5) is 0 Å². The third-order valence-corrected chi connectivity index (χ3v) is 2.77. The van der Waals surface area contributed by atoms with E-state index < -0.39 is 0 Å². The smallest absolute Gasteiger partial charge is 0.338 e. The molecule has 2 rings (SSSR count). The van der Waals surface area contributed by atoms with Crippen molar-refractivity contribution in [2.24, 2.45) is 0 Å². The van der Waals surface area contributed by atoms with Crippen LogP contribution in [-0.2, 0) is 17.2 Å². The SMILES string of the molecule is O=C(OCc1c[c]ccc1)c1cccc(CCl)c1. The van der Waals surface area contributed by atoms with Gasteiger partial charge in [0.15, 0.2) is 0 Å². The topological polar surface area (TPSA) is 26.3 Å². The molecule has 0 saturated heterocycles. The summed E-state index contributed by atoms with van der Waals surface area (Å²) >= 11 is 5.72. The molecule has 0 aromatic heterocycles. The largest absolute Gasteiger partial charge is 0.457 e. The Balaban J connectivity index is 1.99. The van der Waals surface area contributed by atoms with E-state index in [1.54, 1.807) is 30.3 Å². The minimum absolute atomic E-state index is 0.251. The van der Waals surface area contributed by atoms with E-state index in [2.05, 4.69) is 6.07 Å². The summed E-state index contributed by atoms with van der Waals surface area (Å²) in [5, 5.41) is 0. The van der Waals surface area contributed by atoms with Gasteiger partial charge in [-0.1, -0.05) is 30.3 Å². The first kappa shape index (κ1) is 12.7. The Morgan fingerprint density at radius 3 is 2.78 bits per heavy atom. The van der Waals surface area contributed by atoms with Gasteiger partial charge in [0.05, 0.1) is 5.56 Å². The van der Waals surface area contributed by atoms with Crippen molar-refractivity contribution in [1.29, 1.82) is 0 Å². The summed E-state index contributed by atoms with van der Waals surface area (Å²) in [5.74, 6) is 0.0419. The fourth-order valence-corrected chi connectivity index (χ4v) is 1.70. The molecule has 0 aliphatic heterocycles. The predicted molar refractivity (Wildman–Crippen MR) is 70.4 cm³/mol. The number of esters is 1. The monoisotopic (exact) mass is 259 g/mol. The quantitative estimate of drug-likeness (QED) is 0.620. The third kappa shape index (κ3) is 3.34. The summed E-state index contributed by atoms with van der Waals surface area (Å²) in [6.45, 7) is 0.251. The van der Waals surface area contributed by atoms with Crippen molar-refractivity contribution in [3.8, 4) is 0 Å². The van der Waals surface area contributed by atoms with Gasteiger partial charge in [-0.25, -0.2) is 4.79 Å². The van der Waals surface area contributed by atoms with Gasteiger partial charge < -0.3 is 4.74 Å². The molecule has 0 atom stereocenters. The molecular weight excluding hydrogens is 248 g/mol. The molecule has 0 fully saturated rings. The molecule has 3 heteroatoms. The molecule has 0 aliphatic carbocycles. The van der Waals surface area contributed by atoms with Crippen LogP contribution in [0.5, 0.6) is 0 Å². The fraction of sp³-hybridized carbons (Fsp3) is 0.133.